The Hall–Kier alpha value is -6.34. The second-order valence-electron chi connectivity index (χ2n) is 21.5. The molecule has 3 nitrogen and oxygen atoms in total. The van der Waals surface area contributed by atoms with Gasteiger partial charge in [0.15, 0.2) is 7.28 Å². The van der Waals surface area contributed by atoms with Crippen LogP contribution in [0, 0.1) is 0 Å². The van der Waals surface area contributed by atoms with Crippen molar-refractivity contribution >= 4 is 136 Å². The van der Waals surface area contributed by atoms with Crippen LogP contribution < -0.4 is 16.2 Å². The molecule has 66 heavy (non-hydrogen) atoms. The highest BCUT2D eigenvalue weighted by atomic mass is 32.1. The van der Waals surface area contributed by atoms with E-state index < -0.39 is 0 Å². The molecule has 6 heteroatoms. The molecular weight excluding hydrogens is 840 g/mol. The molecule has 1 aliphatic heterocycles. The van der Waals surface area contributed by atoms with Crippen LogP contribution in [0.15, 0.2) is 138 Å². The number of furan rings is 1. The maximum Gasteiger partial charge on any atom is 0.197 e. The fourth-order valence-electron chi connectivity index (χ4n) is 11.7. The summed E-state index contributed by atoms with van der Waals surface area (Å²) in [5, 5.41) is 14.0. The van der Waals surface area contributed by atoms with E-state index in [0.29, 0.717) is 0 Å². The summed E-state index contributed by atoms with van der Waals surface area (Å²) in [5.41, 5.74) is 17.2. The SMILES string of the molecule is CC(C)(C)c1ccc(Nc2cc3c(cc2-c2ccc4c5c6oc7ccccc7c6ccc5n5c4c2[B]c2cc4c(cc2-5)sc2ccccc24)sc2cc4c(cc23)C(C)(C)CCC4(C)C)cc1. The van der Waals surface area contributed by atoms with Crippen molar-refractivity contribution in [1.29, 1.82) is 0 Å². The van der Waals surface area contributed by atoms with E-state index in [9.17, 15) is 0 Å². The van der Waals surface area contributed by atoms with E-state index in [1.54, 1.807) is 0 Å². The smallest absolute Gasteiger partial charge is 0.197 e. The van der Waals surface area contributed by atoms with Gasteiger partial charge in [-0.15, -0.1) is 22.7 Å². The van der Waals surface area contributed by atoms with Crippen molar-refractivity contribution in [2.24, 2.45) is 0 Å². The van der Waals surface area contributed by atoms with Crippen molar-refractivity contribution in [3.8, 4) is 16.8 Å². The summed E-state index contributed by atoms with van der Waals surface area (Å²) in [6.45, 7) is 16.6. The monoisotopic (exact) mass is 887 g/mol. The number of rotatable bonds is 3. The van der Waals surface area contributed by atoms with Crippen LogP contribution in [0.25, 0.3) is 101 Å². The topological polar surface area (TPSA) is 30.1 Å². The van der Waals surface area contributed by atoms with Crippen molar-refractivity contribution in [2.45, 2.75) is 77.6 Å². The van der Waals surface area contributed by atoms with Gasteiger partial charge in [0.1, 0.15) is 11.2 Å². The highest BCUT2D eigenvalue weighted by Gasteiger charge is 2.38. The van der Waals surface area contributed by atoms with Gasteiger partial charge in [-0.05, 0) is 129 Å². The Morgan fingerprint density at radius 1 is 0.591 bits per heavy atom. The third-order valence-corrected chi connectivity index (χ3v) is 17.7. The molecule has 0 amide bonds. The lowest BCUT2D eigenvalue weighted by molar-refractivity contribution is 0.332. The molecule has 2 aliphatic rings. The van der Waals surface area contributed by atoms with Crippen LogP contribution in [0.4, 0.5) is 11.4 Å². The Bertz CT molecular complexity index is 4090. The van der Waals surface area contributed by atoms with Crippen LogP contribution >= 0.6 is 22.7 Å². The molecule has 0 saturated carbocycles. The van der Waals surface area contributed by atoms with E-state index in [2.05, 4.69) is 199 Å². The van der Waals surface area contributed by atoms with Crippen molar-refractivity contribution in [3.63, 3.8) is 0 Å². The van der Waals surface area contributed by atoms with Crippen LogP contribution in [0.1, 0.15) is 78.0 Å². The van der Waals surface area contributed by atoms with E-state index in [1.165, 1.54) is 109 Å². The average Bonchev–Trinajstić information content (AvgIpc) is 4.06. The molecule has 0 bridgehead atoms. The standard InChI is InChI=1S/C60H48BN2OS2/c1-58(2,3)32-16-18-33(19-17-32)62-46-28-42-40-26-43-44(60(6,7)25-24-59(43,4)5)30-52(40)66-51(42)29-39(46)36-20-21-38-54-47(23-22-37-34-12-8-10-14-49(34)64-57(37)54)63-48-31-53-41(27-45(48)61-55(36)56(38)63)35-13-9-11-15-50(35)65-53/h8-23,26-31,62H,24-25H2,1-7H3. The number of fused-ring (bicyclic) bond motifs is 16. The molecule has 319 valence electrons. The van der Waals surface area contributed by atoms with E-state index in [1.807, 2.05) is 22.7 Å². The van der Waals surface area contributed by atoms with Crippen molar-refractivity contribution in [3.05, 3.63) is 150 Å². The zero-order valence-electron chi connectivity index (χ0n) is 38.4. The number of hydrogen-bond acceptors (Lipinski definition) is 4. The van der Waals surface area contributed by atoms with Gasteiger partial charge in [0.25, 0.3) is 0 Å². The van der Waals surface area contributed by atoms with Gasteiger partial charge in [0.2, 0.25) is 0 Å². The van der Waals surface area contributed by atoms with Crippen molar-refractivity contribution < 1.29 is 4.42 Å². The molecule has 5 heterocycles. The van der Waals surface area contributed by atoms with Gasteiger partial charge in [-0.25, -0.2) is 0 Å². The summed E-state index contributed by atoms with van der Waals surface area (Å²) in [7, 11) is 2.48. The predicted octanol–water partition coefficient (Wildman–Crippen LogP) is 16.4. The van der Waals surface area contributed by atoms with Gasteiger partial charge in [0, 0.05) is 79.3 Å². The van der Waals surface area contributed by atoms with Crippen LogP contribution in [-0.4, -0.2) is 11.8 Å². The second-order valence-corrected chi connectivity index (χ2v) is 23.6. The maximum atomic E-state index is 6.83. The maximum absolute atomic E-state index is 6.83. The fourth-order valence-corrected chi connectivity index (χ4v) is 14.0. The summed E-state index contributed by atoms with van der Waals surface area (Å²) < 4.78 is 14.7. The first-order valence-corrected chi connectivity index (χ1v) is 25.1. The number of aromatic nitrogens is 1. The van der Waals surface area contributed by atoms with Crippen LogP contribution in [0.2, 0.25) is 0 Å². The first-order chi connectivity index (χ1) is 31.8. The molecule has 0 atom stereocenters. The number of thiophene rings is 2. The summed E-state index contributed by atoms with van der Waals surface area (Å²) in [6.07, 6.45) is 2.40. The first-order valence-electron chi connectivity index (χ1n) is 23.4. The van der Waals surface area contributed by atoms with Gasteiger partial charge in [0.05, 0.1) is 10.9 Å². The fraction of sp³-hybridized carbons (Fsp3) is 0.200. The Balaban J connectivity index is 1.07. The first kappa shape index (κ1) is 38.9. The number of nitrogens with zero attached hydrogens (tertiary/aromatic N) is 1. The van der Waals surface area contributed by atoms with Gasteiger partial charge in [-0.1, -0.05) is 121 Å². The largest absolute Gasteiger partial charge is 0.455 e. The number of para-hydroxylation sites is 1. The minimum Gasteiger partial charge on any atom is -0.455 e. The lowest BCUT2D eigenvalue weighted by Gasteiger charge is -2.41. The summed E-state index contributed by atoms with van der Waals surface area (Å²) in [4.78, 5) is 0. The van der Waals surface area contributed by atoms with E-state index >= 15 is 0 Å². The van der Waals surface area contributed by atoms with Gasteiger partial charge in [-0.3, -0.25) is 0 Å². The van der Waals surface area contributed by atoms with Crippen molar-refractivity contribution in [1.82, 2.24) is 4.57 Å². The Morgan fingerprint density at radius 3 is 2.06 bits per heavy atom. The summed E-state index contributed by atoms with van der Waals surface area (Å²) >= 11 is 3.82. The molecule has 8 aromatic carbocycles. The van der Waals surface area contributed by atoms with Crippen LogP contribution in [0.5, 0.6) is 0 Å². The quantitative estimate of drug-likeness (QED) is 0.179. The average molecular weight is 888 g/mol. The molecular formula is C60H48BN2OS2. The van der Waals surface area contributed by atoms with E-state index in [0.717, 1.165) is 44.2 Å². The molecule has 1 radical (unpaired) electrons. The van der Waals surface area contributed by atoms with Gasteiger partial charge in [-0.2, -0.15) is 0 Å². The summed E-state index contributed by atoms with van der Waals surface area (Å²) in [5.74, 6) is 0. The lowest BCUT2D eigenvalue weighted by Crippen LogP contribution is -2.37. The second kappa shape index (κ2) is 13.2. The van der Waals surface area contributed by atoms with E-state index in [4.69, 9.17) is 4.42 Å². The van der Waals surface area contributed by atoms with Crippen LogP contribution in [-0.2, 0) is 16.2 Å². The minimum absolute atomic E-state index is 0.0666. The zero-order chi connectivity index (χ0) is 44.6. The molecule has 14 rings (SSSR count). The Kier molecular flexibility index (Phi) is 7.77. The highest BCUT2D eigenvalue weighted by Crippen LogP contribution is 2.51. The number of anilines is 2. The number of nitrogens with one attached hydrogen (secondary N) is 1. The minimum atomic E-state index is 0.0666. The third kappa shape index (κ3) is 5.43. The normalized spacial score (nSPS) is 15.4. The highest BCUT2D eigenvalue weighted by molar-refractivity contribution is 7.26. The third-order valence-electron chi connectivity index (χ3n) is 15.4. The predicted molar refractivity (Wildman–Crippen MR) is 288 cm³/mol. The molecule has 1 aliphatic carbocycles. The molecule has 0 fully saturated rings. The van der Waals surface area contributed by atoms with Crippen LogP contribution in [0.3, 0.4) is 0 Å². The number of hydrogen-bond donors (Lipinski definition) is 1. The lowest BCUT2D eigenvalue weighted by atomic mass is 9.59. The Morgan fingerprint density at radius 2 is 1.26 bits per heavy atom. The molecule has 12 aromatic rings. The molecule has 0 spiro atoms. The molecule has 0 unspecified atom stereocenters. The van der Waals surface area contributed by atoms with Crippen molar-refractivity contribution in [2.75, 3.05) is 5.32 Å². The zero-order valence-corrected chi connectivity index (χ0v) is 40.0. The van der Waals surface area contributed by atoms with E-state index in [-0.39, 0.29) is 16.2 Å². The molecule has 4 aromatic heterocycles. The number of benzene rings is 8. The Labute approximate surface area is 392 Å². The molecule has 1 N–H and O–H groups in total. The summed E-state index contributed by atoms with van der Waals surface area (Å²) in [6, 6.07) is 50.6. The van der Waals surface area contributed by atoms with Gasteiger partial charge >= 0.3 is 0 Å². The van der Waals surface area contributed by atoms with Gasteiger partial charge < -0.3 is 14.3 Å². The molecule has 0 saturated heterocycles.